The predicted molar refractivity (Wildman–Crippen MR) is 61.5 cm³/mol. The van der Waals surface area contributed by atoms with Gasteiger partial charge in [0.15, 0.2) is 0 Å². The second-order valence-electron chi connectivity index (χ2n) is 4.50. The van der Waals surface area contributed by atoms with Gasteiger partial charge in [-0.1, -0.05) is 0 Å². The van der Waals surface area contributed by atoms with E-state index in [1.807, 2.05) is 7.05 Å². The van der Waals surface area contributed by atoms with Gasteiger partial charge in [0.25, 0.3) is 0 Å². The summed E-state index contributed by atoms with van der Waals surface area (Å²) in [5, 5.41) is 0. The summed E-state index contributed by atoms with van der Waals surface area (Å²) in [5.41, 5.74) is 0. The van der Waals surface area contributed by atoms with Gasteiger partial charge in [-0.25, -0.2) is 0 Å². The second-order valence-corrected chi connectivity index (χ2v) is 4.50. The molecule has 6 nitrogen and oxygen atoms in total. The van der Waals surface area contributed by atoms with Crippen LogP contribution >= 0.6 is 0 Å². The van der Waals surface area contributed by atoms with Gasteiger partial charge in [-0.3, -0.25) is 9.59 Å². The van der Waals surface area contributed by atoms with Crippen LogP contribution in [0.1, 0.15) is 0 Å². The standard InChI is InChI=1S/C11H19N3O3/c1-12-2-4-13(5-3-12)10(15)11(16)14-6-8-17-9-7-14/h2-9H2,1H3. The molecule has 0 bridgehead atoms. The minimum atomic E-state index is -0.377. The molecule has 0 N–H and O–H groups in total. The first-order valence-electron chi connectivity index (χ1n) is 6.03. The minimum Gasteiger partial charge on any atom is -0.378 e. The van der Waals surface area contributed by atoms with Gasteiger partial charge in [0.2, 0.25) is 0 Å². The number of nitrogens with zero attached hydrogens (tertiary/aromatic N) is 3. The van der Waals surface area contributed by atoms with E-state index in [9.17, 15) is 9.59 Å². The number of ether oxygens (including phenoxy) is 1. The van der Waals surface area contributed by atoms with E-state index in [4.69, 9.17) is 4.74 Å². The molecule has 0 saturated carbocycles. The summed E-state index contributed by atoms with van der Waals surface area (Å²) in [6, 6.07) is 0. The summed E-state index contributed by atoms with van der Waals surface area (Å²) in [7, 11) is 2.02. The van der Waals surface area contributed by atoms with Gasteiger partial charge in [0.1, 0.15) is 0 Å². The van der Waals surface area contributed by atoms with Crippen molar-refractivity contribution in [3.8, 4) is 0 Å². The molecule has 2 amide bonds. The molecule has 2 saturated heterocycles. The van der Waals surface area contributed by atoms with Crippen LogP contribution in [0.5, 0.6) is 0 Å². The average molecular weight is 241 g/mol. The lowest BCUT2D eigenvalue weighted by molar-refractivity contribution is -0.154. The average Bonchev–Trinajstić information content (AvgIpc) is 2.39. The van der Waals surface area contributed by atoms with Gasteiger partial charge in [0.05, 0.1) is 13.2 Å². The Hall–Kier alpha value is -1.14. The maximum Gasteiger partial charge on any atom is 0.312 e. The van der Waals surface area contributed by atoms with Crippen molar-refractivity contribution in [2.24, 2.45) is 0 Å². The van der Waals surface area contributed by atoms with E-state index in [0.717, 1.165) is 13.1 Å². The van der Waals surface area contributed by atoms with E-state index in [-0.39, 0.29) is 11.8 Å². The molecule has 2 fully saturated rings. The Morgan fingerprint density at radius 3 is 1.82 bits per heavy atom. The third-order valence-electron chi connectivity index (χ3n) is 3.27. The van der Waals surface area contributed by atoms with Crippen molar-refractivity contribution in [1.29, 1.82) is 0 Å². The van der Waals surface area contributed by atoms with Crippen LogP contribution in [-0.4, -0.2) is 86.0 Å². The fourth-order valence-corrected chi connectivity index (χ4v) is 2.05. The molecule has 0 aliphatic carbocycles. The summed E-state index contributed by atoms with van der Waals surface area (Å²) in [6.07, 6.45) is 0. The quantitative estimate of drug-likeness (QED) is 0.491. The molecule has 0 aromatic heterocycles. The summed E-state index contributed by atoms with van der Waals surface area (Å²) >= 11 is 0. The van der Waals surface area contributed by atoms with E-state index in [1.54, 1.807) is 9.80 Å². The lowest BCUT2D eigenvalue weighted by atomic mass is 10.3. The Labute approximate surface area is 101 Å². The molecule has 2 heterocycles. The zero-order chi connectivity index (χ0) is 12.3. The molecule has 0 spiro atoms. The highest BCUT2D eigenvalue weighted by atomic mass is 16.5. The Bertz CT molecular complexity index is 294. The fraction of sp³-hybridized carbons (Fsp3) is 0.818. The molecule has 96 valence electrons. The van der Waals surface area contributed by atoms with Crippen molar-refractivity contribution in [2.75, 3.05) is 59.5 Å². The highest BCUT2D eigenvalue weighted by Gasteiger charge is 2.29. The van der Waals surface area contributed by atoms with E-state index >= 15 is 0 Å². The Morgan fingerprint density at radius 1 is 0.824 bits per heavy atom. The summed E-state index contributed by atoms with van der Waals surface area (Å²) in [4.78, 5) is 29.3. The SMILES string of the molecule is CN1CCN(C(=O)C(=O)N2CCOCC2)CC1. The molecule has 0 atom stereocenters. The fourth-order valence-electron chi connectivity index (χ4n) is 2.05. The first-order valence-corrected chi connectivity index (χ1v) is 6.03. The number of amides is 2. The van der Waals surface area contributed by atoms with Crippen LogP contribution < -0.4 is 0 Å². The number of morpholine rings is 1. The molecule has 17 heavy (non-hydrogen) atoms. The van der Waals surface area contributed by atoms with Gasteiger partial charge >= 0.3 is 11.8 Å². The normalized spacial score (nSPS) is 22.6. The molecule has 0 aromatic carbocycles. The van der Waals surface area contributed by atoms with Crippen LogP contribution in [0.25, 0.3) is 0 Å². The van der Waals surface area contributed by atoms with Crippen molar-refractivity contribution >= 4 is 11.8 Å². The highest BCUT2D eigenvalue weighted by Crippen LogP contribution is 2.04. The third-order valence-corrected chi connectivity index (χ3v) is 3.27. The first kappa shape index (κ1) is 12.3. The summed E-state index contributed by atoms with van der Waals surface area (Å²) < 4.78 is 5.16. The van der Waals surface area contributed by atoms with Gasteiger partial charge in [-0.05, 0) is 7.05 Å². The summed E-state index contributed by atoms with van der Waals surface area (Å²) in [6.45, 7) is 5.07. The van der Waals surface area contributed by atoms with Crippen molar-refractivity contribution in [2.45, 2.75) is 0 Å². The van der Waals surface area contributed by atoms with Gasteiger partial charge in [0, 0.05) is 39.3 Å². The van der Waals surface area contributed by atoms with Crippen molar-refractivity contribution in [1.82, 2.24) is 14.7 Å². The van der Waals surface area contributed by atoms with E-state index in [0.29, 0.717) is 39.4 Å². The number of likely N-dealkylation sites (N-methyl/N-ethyl adjacent to an activating group) is 1. The van der Waals surface area contributed by atoms with Crippen molar-refractivity contribution in [3.05, 3.63) is 0 Å². The highest BCUT2D eigenvalue weighted by molar-refractivity contribution is 6.34. The third kappa shape index (κ3) is 2.95. The van der Waals surface area contributed by atoms with E-state index in [2.05, 4.69) is 4.90 Å². The number of hydrogen-bond donors (Lipinski definition) is 0. The van der Waals surface area contributed by atoms with Crippen LogP contribution in [0.3, 0.4) is 0 Å². The first-order chi connectivity index (χ1) is 8.18. The lowest BCUT2D eigenvalue weighted by Gasteiger charge is -2.34. The number of hydrogen-bond acceptors (Lipinski definition) is 4. The Morgan fingerprint density at radius 2 is 1.29 bits per heavy atom. The number of carbonyl (C=O) groups is 2. The molecule has 2 rings (SSSR count). The van der Waals surface area contributed by atoms with Crippen molar-refractivity contribution < 1.29 is 14.3 Å². The van der Waals surface area contributed by atoms with Crippen LogP contribution in [0, 0.1) is 0 Å². The van der Waals surface area contributed by atoms with Crippen molar-refractivity contribution in [3.63, 3.8) is 0 Å². The second kappa shape index (κ2) is 5.46. The van der Waals surface area contributed by atoms with Gasteiger partial charge in [-0.2, -0.15) is 0 Å². The molecule has 0 unspecified atom stereocenters. The molecule has 6 heteroatoms. The van der Waals surface area contributed by atoms with Crippen LogP contribution in [0.2, 0.25) is 0 Å². The zero-order valence-electron chi connectivity index (χ0n) is 10.2. The molecular formula is C11H19N3O3. The number of piperazine rings is 1. The monoisotopic (exact) mass is 241 g/mol. The van der Waals surface area contributed by atoms with E-state index in [1.165, 1.54) is 0 Å². The van der Waals surface area contributed by atoms with Gasteiger partial charge in [-0.15, -0.1) is 0 Å². The number of carbonyl (C=O) groups excluding carboxylic acids is 2. The van der Waals surface area contributed by atoms with Crippen LogP contribution in [0.15, 0.2) is 0 Å². The molecule has 0 aromatic rings. The predicted octanol–water partition coefficient (Wildman–Crippen LogP) is -1.38. The molecule has 0 radical (unpaired) electrons. The largest absolute Gasteiger partial charge is 0.378 e. The summed E-state index contributed by atoms with van der Waals surface area (Å²) in [5.74, 6) is -0.738. The molecule has 2 aliphatic rings. The Kier molecular flexibility index (Phi) is 3.96. The molecular weight excluding hydrogens is 222 g/mol. The maximum absolute atomic E-state index is 12.0. The van der Waals surface area contributed by atoms with Crippen LogP contribution in [0.4, 0.5) is 0 Å². The maximum atomic E-state index is 12.0. The minimum absolute atomic E-state index is 0.361. The molecule has 2 aliphatic heterocycles. The Balaban J connectivity index is 1.88. The smallest absolute Gasteiger partial charge is 0.312 e. The zero-order valence-corrected chi connectivity index (χ0v) is 10.2. The van der Waals surface area contributed by atoms with Gasteiger partial charge < -0.3 is 19.4 Å². The van der Waals surface area contributed by atoms with Crippen LogP contribution in [-0.2, 0) is 14.3 Å². The lowest BCUT2D eigenvalue weighted by Crippen LogP contribution is -2.54. The topological polar surface area (TPSA) is 53.1 Å². The van der Waals surface area contributed by atoms with E-state index < -0.39 is 0 Å². The number of rotatable bonds is 0.